The molecule has 0 aliphatic rings. The van der Waals surface area contributed by atoms with E-state index in [4.69, 9.17) is 18.9 Å². The number of carbonyl (C=O) groups is 3. The summed E-state index contributed by atoms with van der Waals surface area (Å²) in [6.45, 7) is 16.2. The number of nitrogens with zero attached hydrogens (tertiary/aromatic N) is 7. The highest BCUT2D eigenvalue weighted by Gasteiger charge is 2.08. The fourth-order valence-corrected chi connectivity index (χ4v) is 7.47. The quantitative estimate of drug-likeness (QED) is 0.0141. The number of azo groups is 3. The number of anilines is 1. The second-order valence-corrected chi connectivity index (χ2v) is 17.4. The minimum absolute atomic E-state index is 0.360. The van der Waals surface area contributed by atoms with Crippen molar-refractivity contribution in [1.82, 2.24) is 0 Å². The van der Waals surface area contributed by atoms with Crippen LogP contribution in [0.15, 0.2) is 160 Å². The zero-order chi connectivity index (χ0) is 51.3. The van der Waals surface area contributed by atoms with Gasteiger partial charge in [-0.25, -0.2) is 14.4 Å². The number of aryl methyl sites for hydroxylation is 1. The van der Waals surface area contributed by atoms with Gasteiger partial charge in [0.1, 0.15) is 5.75 Å². The van der Waals surface area contributed by atoms with E-state index in [0.29, 0.717) is 37.8 Å². The summed E-state index contributed by atoms with van der Waals surface area (Å²) in [5.74, 6) is -0.279. The van der Waals surface area contributed by atoms with Crippen molar-refractivity contribution >= 4 is 57.7 Å². The van der Waals surface area contributed by atoms with E-state index in [1.54, 1.807) is 0 Å². The Morgan fingerprint density at radius 3 is 1.17 bits per heavy atom. The lowest BCUT2D eigenvalue weighted by Gasteiger charge is -2.25. The molecule has 4 aromatic carbocycles. The van der Waals surface area contributed by atoms with Crippen LogP contribution in [0.25, 0.3) is 0 Å². The van der Waals surface area contributed by atoms with Gasteiger partial charge in [0.2, 0.25) is 0 Å². The van der Waals surface area contributed by atoms with Crippen molar-refractivity contribution in [3.8, 4) is 5.75 Å². The summed E-state index contributed by atoms with van der Waals surface area (Å²) in [6, 6.07) is 29.0. The van der Waals surface area contributed by atoms with E-state index in [0.717, 1.165) is 163 Å². The van der Waals surface area contributed by atoms with Gasteiger partial charge in [-0.3, -0.25) is 0 Å². The summed E-state index contributed by atoms with van der Waals surface area (Å²) >= 11 is 0. The molecule has 4 aromatic rings. The average Bonchev–Trinajstić information content (AvgIpc) is 3.41. The molecule has 0 bridgehead atoms. The number of ether oxygens (including phenoxy) is 4. The lowest BCUT2D eigenvalue weighted by Crippen LogP contribution is -2.25. The maximum Gasteiger partial charge on any atom is 0.330 e. The molecule has 0 aliphatic carbocycles. The minimum Gasteiger partial charge on any atom is -0.494 e. The van der Waals surface area contributed by atoms with Gasteiger partial charge in [0.25, 0.3) is 0 Å². The number of hydrogen-bond acceptors (Lipinski definition) is 14. The molecule has 14 heteroatoms. The fraction of sp³-hybridized carbons (Fsp3) is 0.431. The van der Waals surface area contributed by atoms with Gasteiger partial charge >= 0.3 is 17.9 Å². The third kappa shape index (κ3) is 25.2. The monoisotopic (exact) mass is 982 g/mol. The van der Waals surface area contributed by atoms with Gasteiger partial charge in [0.05, 0.1) is 60.6 Å². The third-order valence-corrected chi connectivity index (χ3v) is 11.6. The topological polar surface area (TPSA) is 166 Å². The number of carbonyl (C=O) groups excluding carboxylic acids is 3. The molecule has 0 atom stereocenters. The second kappa shape index (κ2) is 35.9. The number of esters is 3. The van der Waals surface area contributed by atoms with Crippen molar-refractivity contribution in [1.29, 1.82) is 0 Å². The maximum atomic E-state index is 11.2. The Kier molecular flexibility index (Phi) is 28.7. The molecule has 0 N–H and O–H groups in total. The van der Waals surface area contributed by atoms with Gasteiger partial charge in [0, 0.05) is 37.0 Å². The standard InChI is InChI=1S/C58H75N7O7/c1-5-56(66)70-43-23-17-10-8-14-20-40-65(41-21-15-9-11-18-24-44-71-57(67)6-2)53-35-30-50(31-36-53)61-63-52-34-39-55(47(4)46-52)64-62-49-28-26-48(27-29-49)59-60-51-32-37-54(38-33-51)69-42-22-16-12-13-19-25-45-72-58(68)7-3/h5-7,26-39,46H,1-3,8-25,40-45H2,4H3. The summed E-state index contributed by atoms with van der Waals surface area (Å²) in [4.78, 5) is 36.0. The first-order chi connectivity index (χ1) is 35.3. The first-order valence-electron chi connectivity index (χ1n) is 25.7. The molecule has 0 fully saturated rings. The lowest BCUT2D eigenvalue weighted by molar-refractivity contribution is -0.138. The van der Waals surface area contributed by atoms with E-state index in [1.807, 2.05) is 85.8 Å². The van der Waals surface area contributed by atoms with Crippen molar-refractivity contribution in [3.05, 3.63) is 135 Å². The Hall–Kier alpha value is -7.09. The molecule has 0 aliphatic heterocycles. The Labute approximate surface area is 427 Å². The van der Waals surface area contributed by atoms with Crippen LogP contribution in [0, 0.1) is 6.92 Å². The Morgan fingerprint density at radius 1 is 0.417 bits per heavy atom. The number of unbranched alkanes of at least 4 members (excludes halogenated alkanes) is 15. The molecule has 4 rings (SSSR count). The molecule has 0 unspecified atom stereocenters. The first-order valence-corrected chi connectivity index (χ1v) is 25.7. The largest absolute Gasteiger partial charge is 0.494 e. The molecule has 0 spiro atoms. The molecule has 0 radical (unpaired) electrons. The Bertz CT molecular complexity index is 2270. The van der Waals surface area contributed by atoms with E-state index >= 15 is 0 Å². The van der Waals surface area contributed by atoms with Gasteiger partial charge in [-0.15, -0.1) is 0 Å². The molecular weight excluding hydrogens is 907 g/mol. The van der Waals surface area contributed by atoms with Crippen molar-refractivity contribution < 1.29 is 33.3 Å². The van der Waals surface area contributed by atoms with Crippen LogP contribution in [-0.2, 0) is 28.6 Å². The van der Waals surface area contributed by atoms with Gasteiger partial charge in [-0.2, -0.15) is 30.7 Å². The molecule has 0 heterocycles. The summed E-state index contributed by atoms with van der Waals surface area (Å²) < 4.78 is 21.1. The highest BCUT2D eigenvalue weighted by Crippen LogP contribution is 2.30. The van der Waals surface area contributed by atoms with Crippen molar-refractivity contribution in [2.45, 2.75) is 122 Å². The second-order valence-electron chi connectivity index (χ2n) is 17.4. The highest BCUT2D eigenvalue weighted by atomic mass is 16.5. The van der Waals surface area contributed by atoms with Crippen LogP contribution in [0.4, 0.5) is 39.8 Å². The summed E-state index contributed by atoms with van der Waals surface area (Å²) in [5, 5.41) is 26.7. The molecule has 0 amide bonds. The maximum absolute atomic E-state index is 11.2. The van der Waals surface area contributed by atoms with Crippen LogP contribution in [0.3, 0.4) is 0 Å². The zero-order valence-electron chi connectivity index (χ0n) is 42.5. The normalized spacial score (nSPS) is 11.2. The summed E-state index contributed by atoms with van der Waals surface area (Å²) in [6.07, 6.45) is 22.7. The Balaban J connectivity index is 1.19. The average molecular weight is 982 g/mol. The number of rotatable bonds is 38. The van der Waals surface area contributed by atoms with E-state index in [-0.39, 0.29) is 17.9 Å². The van der Waals surface area contributed by atoms with E-state index in [1.165, 1.54) is 23.9 Å². The molecular formula is C58H75N7O7. The van der Waals surface area contributed by atoms with Crippen LogP contribution in [0.2, 0.25) is 0 Å². The van der Waals surface area contributed by atoms with Crippen LogP contribution < -0.4 is 9.64 Å². The lowest BCUT2D eigenvalue weighted by atomic mass is 10.1. The third-order valence-electron chi connectivity index (χ3n) is 11.6. The number of benzene rings is 4. The number of hydrogen-bond donors (Lipinski definition) is 0. The summed E-state index contributed by atoms with van der Waals surface area (Å²) in [7, 11) is 0. The van der Waals surface area contributed by atoms with Gasteiger partial charge in [-0.1, -0.05) is 96.8 Å². The van der Waals surface area contributed by atoms with Gasteiger partial charge in [0.15, 0.2) is 0 Å². The summed E-state index contributed by atoms with van der Waals surface area (Å²) in [5.41, 5.74) is 6.48. The van der Waals surface area contributed by atoms with Crippen LogP contribution in [0.1, 0.15) is 121 Å². The van der Waals surface area contributed by atoms with E-state index in [2.05, 4.69) is 67.5 Å². The van der Waals surface area contributed by atoms with E-state index in [9.17, 15) is 14.4 Å². The minimum atomic E-state index is -0.362. The predicted octanol–water partition coefficient (Wildman–Crippen LogP) is 16.6. The Morgan fingerprint density at radius 2 is 0.750 bits per heavy atom. The molecule has 0 saturated heterocycles. The predicted molar refractivity (Wildman–Crippen MR) is 287 cm³/mol. The van der Waals surface area contributed by atoms with Gasteiger partial charge < -0.3 is 23.8 Å². The SMILES string of the molecule is C=CC(=O)OCCCCCCCCOc1ccc(N=Nc2ccc(N=Nc3ccc(N=Nc4ccc(N(CCCCCCCCOC(=O)C=C)CCCCCCCCOC(=O)C=C)cc4)cc3C)cc2)cc1. The van der Waals surface area contributed by atoms with Crippen molar-refractivity contribution in [3.63, 3.8) is 0 Å². The highest BCUT2D eigenvalue weighted by molar-refractivity contribution is 5.81. The molecule has 384 valence electrons. The van der Waals surface area contributed by atoms with Crippen molar-refractivity contribution in [2.75, 3.05) is 44.4 Å². The zero-order valence-corrected chi connectivity index (χ0v) is 42.5. The fourth-order valence-electron chi connectivity index (χ4n) is 7.47. The van der Waals surface area contributed by atoms with Crippen molar-refractivity contribution in [2.24, 2.45) is 30.7 Å². The molecule has 14 nitrogen and oxygen atoms in total. The van der Waals surface area contributed by atoms with Gasteiger partial charge in [-0.05, 0) is 142 Å². The smallest absolute Gasteiger partial charge is 0.330 e. The molecule has 0 saturated carbocycles. The van der Waals surface area contributed by atoms with E-state index < -0.39 is 0 Å². The van der Waals surface area contributed by atoms with Crippen LogP contribution in [-0.4, -0.2) is 57.4 Å². The van der Waals surface area contributed by atoms with Crippen LogP contribution in [0.5, 0.6) is 5.75 Å². The van der Waals surface area contributed by atoms with Crippen LogP contribution >= 0.6 is 0 Å². The molecule has 0 aromatic heterocycles. The first kappa shape index (κ1) is 57.5. The molecule has 72 heavy (non-hydrogen) atoms.